The van der Waals surface area contributed by atoms with Crippen molar-refractivity contribution >= 4 is 11.9 Å². The second-order valence-electron chi connectivity index (χ2n) is 16.3. The number of hydrogen-bond acceptors (Lipinski definition) is 4. The lowest BCUT2D eigenvalue weighted by Gasteiger charge is -2.59. The van der Waals surface area contributed by atoms with Gasteiger partial charge in [0.05, 0.1) is 11.2 Å². The van der Waals surface area contributed by atoms with Gasteiger partial charge in [0.15, 0.2) is 0 Å². The molecule has 3 saturated carbocycles. The summed E-state index contributed by atoms with van der Waals surface area (Å²) in [5.74, 6) is 2.43. The minimum Gasteiger partial charge on any atom is -0.423 e. The van der Waals surface area contributed by atoms with Crippen molar-refractivity contribution in [3.8, 4) is 5.75 Å². The van der Waals surface area contributed by atoms with Crippen molar-refractivity contribution in [2.24, 2.45) is 22.7 Å². The van der Waals surface area contributed by atoms with Crippen LogP contribution in [0.3, 0.4) is 0 Å². The number of aliphatic hydroxyl groups is 1. The topological polar surface area (TPSA) is 66.8 Å². The molecule has 4 aliphatic rings. The Morgan fingerprint density at radius 1 is 0.875 bits per heavy atom. The SMILES string of the molecule is CCCCN(C)C(=O)CCCCCCCCCC[C@@H]1Cc2cc(OC(=O)c3ccccc3)ccc2C2CC[C@]3(C)[C@]4(O)CC[C@@]3(CC4)C21. The first kappa shape index (κ1) is 35.2. The maximum Gasteiger partial charge on any atom is 0.343 e. The zero-order chi connectivity index (χ0) is 33.8. The third kappa shape index (κ3) is 6.74. The summed E-state index contributed by atoms with van der Waals surface area (Å²) in [6.45, 7) is 5.50. The summed E-state index contributed by atoms with van der Waals surface area (Å²) < 4.78 is 5.89. The van der Waals surface area contributed by atoms with Gasteiger partial charge in [-0.05, 0) is 123 Å². The number of rotatable bonds is 16. The summed E-state index contributed by atoms with van der Waals surface area (Å²) in [5.41, 5.74) is 3.24. The molecule has 0 aliphatic heterocycles. The van der Waals surface area contributed by atoms with Crippen molar-refractivity contribution in [2.45, 2.75) is 147 Å². The van der Waals surface area contributed by atoms with Crippen LogP contribution in [0.4, 0.5) is 0 Å². The van der Waals surface area contributed by atoms with Gasteiger partial charge in [-0.2, -0.15) is 0 Å². The third-order valence-electron chi connectivity index (χ3n) is 13.8. The first-order valence-corrected chi connectivity index (χ1v) is 19.6. The van der Waals surface area contributed by atoms with Crippen LogP contribution in [0.5, 0.6) is 5.75 Å². The molecule has 0 spiro atoms. The van der Waals surface area contributed by atoms with Gasteiger partial charge in [0.1, 0.15) is 5.75 Å². The van der Waals surface area contributed by atoms with E-state index in [1.54, 1.807) is 0 Å². The molecule has 3 fully saturated rings. The molecular weight excluding hydrogens is 594 g/mol. The van der Waals surface area contributed by atoms with E-state index in [1.807, 2.05) is 48.3 Å². The number of nitrogens with zero attached hydrogens (tertiary/aromatic N) is 1. The molecule has 5 nitrogen and oxygen atoms in total. The highest BCUT2D eigenvalue weighted by Gasteiger charge is 2.74. The molecule has 2 aromatic carbocycles. The Morgan fingerprint density at radius 3 is 2.27 bits per heavy atom. The number of benzene rings is 2. The van der Waals surface area contributed by atoms with E-state index in [-0.39, 0.29) is 16.8 Å². The number of fused-ring (bicyclic) bond motifs is 3. The molecule has 4 aliphatic carbocycles. The second-order valence-corrected chi connectivity index (χ2v) is 16.3. The van der Waals surface area contributed by atoms with Gasteiger partial charge in [0, 0.05) is 25.4 Å². The van der Waals surface area contributed by atoms with Crippen LogP contribution in [-0.4, -0.2) is 41.1 Å². The van der Waals surface area contributed by atoms with Gasteiger partial charge in [0.25, 0.3) is 0 Å². The molecule has 48 heavy (non-hydrogen) atoms. The minimum atomic E-state index is -0.476. The Labute approximate surface area is 290 Å². The quantitative estimate of drug-likeness (QED) is 0.111. The highest BCUT2D eigenvalue weighted by molar-refractivity contribution is 5.91. The predicted octanol–water partition coefficient (Wildman–Crippen LogP) is 10.0. The van der Waals surface area contributed by atoms with Crippen molar-refractivity contribution in [3.05, 3.63) is 65.2 Å². The molecule has 262 valence electrons. The molecular formula is C43H61NO4. The van der Waals surface area contributed by atoms with E-state index in [1.165, 1.54) is 68.9 Å². The highest BCUT2D eigenvalue weighted by atomic mass is 16.5. The summed E-state index contributed by atoms with van der Waals surface area (Å²) >= 11 is 0. The molecule has 0 heterocycles. The van der Waals surface area contributed by atoms with Crippen LogP contribution in [0.15, 0.2) is 48.5 Å². The van der Waals surface area contributed by atoms with Crippen LogP contribution >= 0.6 is 0 Å². The van der Waals surface area contributed by atoms with E-state index >= 15 is 0 Å². The number of amides is 1. The van der Waals surface area contributed by atoms with Crippen LogP contribution in [0.1, 0.15) is 157 Å². The van der Waals surface area contributed by atoms with Crippen molar-refractivity contribution in [1.82, 2.24) is 4.90 Å². The zero-order valence-electron chi connectivity index (χ0n) is 30.1. The Hall–Kier alpha value is -2.66. The van der Waals surface area contributed by atoms with Crippen molar-refractivity contribution < 1.29 is 19.4 Å². The van der Waals surface area contributed by atoms with Crippen molar-refractivity contribution in [2.75, 3.05) is 13.6 Å². The van der Waals surface area contributed by atoms with Crippen LogP contribution in [-0.2, 0) is 11.2 Å². The Balaban J connectivity index is 1.05. The monoisotopic (exact) mass is 655 g/mol. The fourth-order valence-corrected chi connectivity index (χ4v) is 11.1. The molecule has 6 rings (SSSR count). The number of unbranched alkanes of at least 4 members (excludes halogenated alkanes) is 8. The number of hydrogen-bond donors (Lipinski definition) is 1. The molecule has 2 aromatic rings. The molecule has 1 amide bonds. The maximum atomic E-state index is 12.9. The molecule has 0 saturated heterocycles. The van der Waals surface area contributed by atoms with E-state index in [0.717, 1.165) is 64.3 Å². The average molecular weight is 656 g/mol. The van der Waals surface area contributed by atoms with E-state index in [0.29, 0.717) is 41.4 Å². The zero-order valence-corrected chi connectivity index (χ0v) is 30.1. The minimum absolute atomic E-state index is 0.0393. The largest absolute Gasteiger partial charge is 0.423 e. The van der Waals surface area contributed by atoms with Crippen LogP contribution in [0.25, 0.3) is 0 Å². The van der Waals surface area contributed by atoms with Gasteiger partial charge in [-0.3, -0.25) is 4.79 Å². The standard InChI is InChI=1S/C43H61NO4/c1-4-5-29-44(3)38(45)20-16-11-9-7-6-8-10-13-19-33-30-34-31-35(48-40(46)32-17-14-12-15-18-32)21-22-36(34)37-23-24-41(2)42(39(33)37)25-27-43(41,47)28-26-42/h12,14-15,17-18,21-22,31,33,37,39,47H,4-11,13,16,19-20,23-30H2,1-3H3/t33-,37?,39?,41+,42-,43+/m1/s1. The number of esters is 1. The highest BCUT2D eigenvalue weighted by Crippen LogP contribution is 2.78. The summed E-state index contributed by atoms with van der Waals surface area (Å²) in [5, 5.41) is 11.8. The average Bonchev–Trinajstić information content (AvgIpc) is 3.47. The lowest BCUT2D eigenvalue weighted by molar-refractivity contribution is -0.130. The summed E-state index contributed by atoms with van der Waals surface area (Å²) in [4.78, 5) is 27.1. The molecule has 2 unspecified atom stereocenters. The van der Waals surface area contributed by atoms with Gasteiger partial charge < -0.3 is 14.7 Å². The Bertz CT molecular complexity index is 1390. The Kier molecular flexibility index (Phi) is 11.0. The number of carbonyl (C=O) groups excluding carboxylic acids is 2. The molecule has 0 aromatic heterocycles. The molecule has 5 heteroatoms. The number of carbonyl (C=O) groups is 2. The predicted molar refractivity (Wildman–Crippen MR) is 193 cm³/mol. The lowest BCUT2D eigenvalue weighted by atomic mass is 9.45. The van der Waals surface area contributed by atoms with Gasteiger partial charge >= 0.3 is 5.97 Å². The Morgan fingerprint density at radius 2 is 1.56 bits per heavy atom. The first-order chi connectivity index (χ1) is 23.2. The maximum absolute atomic E-state index is 12.9. The van der Waals surface area contributed by atoms with Crippen LogP contribution < -0.4 is 4.74 Å². The smallest absolute Gasteiger partial charge is 0.343 e. The van der Waals surface area contributed by atoms with Crippen LogP contribution in [0, 0.1) is 22.7 Å². The normalized spacial score (nSPS) is 30.0. The summed E-state index contributed by atoms with van der Waals surface area (Å²) in [6.07, 6.45) is 21.6. The fourth-order valence-electron chi connectivity index (χ4n) is 11.1. The molecule has 4 atom stereocenters. The van der Waals surface area contributed by atoms with E-state index < -0.39 is 5.60 Å². The van der Waals surface area contributed by atoms with E-state index in [9.17, 15) is 14.7 Å². The fraction of sp³-hybridized carbons (Fsp3) is 0.674. The van der Waals surface area contributed by atoms with Gasteiger partial charge in [-0.25, -0.2) is 4.79 Å². The van der Waals surface area contributed by atoms with Gasteiger partial charge in [-0.15, -0.1) is 0 Å². The van der Waals surface area contributed by atoms with Gasteiger partial charge in [-0.1, -0.05) is 89.5 Å². The van der Waals surface area contributed by atoms with Gasteiger partial charge in [0.2, 0.25) is 5.91 Å². The van der Waals surface area contributed by atoms with Crippen LogP contribution in [0.2, 0.25) is 0 Å². The molecule has 0 radical (unpaired) electrons. The summed E-state index contributed by atoms with van der Waals surface area (Å²) in [6, 6.07) is 15.7. The lowest BCUT2D eigenvalue weighted by Crippen LogP contribution is -2.54. The number of ether oxygens (including phenoxy) is 1. The third-order valence-corrected chi connectivity index (χ3v) is 13.8. The van der Waals surface area contributed by atoms with Crippen molar-refractivity contribution in [3.63, 3.8) is 0 Å². The molecule has 1 N–H and O–H groups in total. The first-order valence-electron chi connectivity index (χ1n) is 19.6. The van der Waals surface area contributed by atoms with Crippen molar-refractivity contribution in [1.29, 1.82) is 0 Å². The second kappa shape index (κ2) is 15.1. The van der Waals surface area contributed by atoms with E-state index in [4.69, 9.17) is 4.74 Å². The van der Waals surface area contributed by atoms with E-state index in [2.05, 4.69) is 26.0 Å². The molecule has 2 bridgehead atoms. The summed E-state index contributed by atoms with van der Waals surface area (Å²) in [7, 11) is 1.94.